The highest BCUT2D eigenvalue weighted by Gasteiger charge is 1.80. The molecule has 0 saturated heterocycles. The third-order valence-corrected chi connectivity index (χ3v) is 1.44. The molecular formula is C9H20N2. The molecule has 0 aromatic carbocycles. The molecular weight excluding hydrogens is 136 g/mol. The SMILES string of the molecule is CCC/C=C\CNCCCN. The van der Waals surface area contributed by atoms with Crippen LogP contribution in [-0.2, 0) is 0 Å². The average molecular weight is 156 g/mol. The Hall–Kier alpha value is -0.340. The standard InChI is InChI=1S/C9H20N2/c1-2-3-4-5-8-11-9-6-7-10/h4-5,11H,2-3,6-10H2,1H3/b5-4-. The van der Waals surface area contributed by atoms with Crippen LogP contribution >= 0.6 is 0 Å². The van der Waals surface area contributed by atoms with Gasteiger partial charge in [0.2, 0.25) is 0 Å². The first-order valence-electron chi connectivity index (χ1n) is 4.47. The molecule has 2 nitrogen and oxygen atoms in total. The fourth-order valence-electron chi connectivity index (χ4n) is 0.780. The molecule has 66 valence electrons. The van der Waals surface area contributed by atoms with Crippen molar-refractivity contribution in [2.24, 2.45) is 5.73 Å². The van der Waals surface area contributed by atoms with E-state index in [0.29, 0.717) is 0 Å². The van der Waals surface area contributed by atoms with Gasteiger partial charge in [0.15, 0.2) is 0 Å². The summed E-state index contributed by atoms with van der Waals surface area (Å²) in [7, 11) is 0. The van der Waals surface area contributed by atoms with Gasteiger partial charge in [0.25, 0.3) is 0 Å². The van der Waals surface area contributed by atoms with Crippen molar-refractivity contribution in [2.75, 3.05) is 19.6 Å². The molecule has 0 heterocycles. The molecule has 0 bridgehead atoms. The molecule has 0 atom stereocenters. The lowest BCUT2D eigenvalue weighted by atomic mass is 10.3. The number of nitrogens with two attached hydrogens (primary N) is 1. The first-order chi connectivity index (χ1) is 5.41. The monoisotopic (exact) mass is 156 g/mol. The van der Waals surface area contributed by atoms with Crippen LogP contribution in [0.1, 0.15) is 26.2 Å². The third-order valence-electron chi connectivity index (χ3n) is 1.44. The zero-order valence-corrected chi connectivity index (χ0v) is 7.47. The molecule has 0 spiro atoms. The van der Waals surface area contributed by atoms with E-state index in [1.165, 1.54) is 12.8 Å². The summed E-state index contributed by atoms with van der Waals surface area (Å²) >= 11 is 0. The first kappa shape index (κ1) is 10.7. The molecule has 0 aromatic rings. The maximum absolute atomic E-state index is 5.33. The highest BCUT2D eigenvalue weighted by atomic mass is 14.8. The van der Waals surface area contributed by atoms with Gasteiger partial charge in [-0.25, -0.2) is 0 Å². The van der Waals surface area contributed by atoms with Crippen molar-refractivity contribution < 1.29 is 0 Å². The van der Waals surface area contributed by atoms with E-state index in [2.05, 4.69) is 24.4 Å². The van der Waals surface area contributed by atoms with Gasteiger partial charge in [0, 0.05) is 6.54 Å². The van der Waals surface area contributed by atoms with Crippen LogP contribution in [-0.4, -0.2) is 19.6 Å². The molecule has 0 radical (unpaired) electrons. The van der Waals surface area contributed by atoms with Gasteiger partial charge in [-0.15, -0.1) is 0 Å². The zero-order chi connectivity index (χ0) is 8.36. The second-order valence-corrected chi connectivity index (χ2v) is 2.61. The van der Waals surface area contributed by atoms with Crippen molar-refractivity contribution in [1.82, 2.24) is 5.32 Å². The maximum Gasteiger partial charge on any atom is 0.0134 e. The summed E-state index contributed by atoms with van der Waals surface area (Å²) in [5.41, 5.74) is 5.33. The van der Waals surface area contributed by atoms with Crippen LogP contribution < -0.4 is 11.1 Å². The molecule has 0 saturated carbocycles. The minimum atomic E-state index is 0.783. The van der Waals surface area contributed by atoms with Gasteiger partial charge in [0.1, 0.15) is 0 Å². The summed E-state index contributed by atoms with van der Waals surface area (Å²) in [5.74, 6) is 0. The molecule has 11 heavy (non-hydrogen) atoms. The summed E-state index contributed by atoms with van der Waals surface area (Å²) in [4.78, 5) is 0. The number of rotatable bonds is 7. The Balaban J connectivity index is 2.89. The first-order valence-corrected chi connectivity index (χ1v) is 4.47. The Bertz CT molecular complexity index is 89.6. The lowest BCUT2D eigenvalue weighted by molar-refractivity contribution is 0.699. The molecule has 0 aromatic heterocycles. The molecule has 0 unspecified atom stereocenters. The predicted octanol–water partition coefficient (Wildman–Crippen LogP) is 1.28. The fourth-order valence-corrected chi connectivity index (χ4v) is 0.780. The lowest BCUT2D eigenvalue weighted by Gasteiger charge is -1.97. The van der Waals surface area contributed by atoms with E-state index in [0.717, 1.165) is 26.1 Å². The van der Waals surface area contributed by atoms with Crippen molar-refractivity contribution in [1.29, 1.82) is 0 Å². The van der Waals surface area contributed by atoms with E-state index < -0.39 is 0 Å². The van der Waals surface area contributed by atoms with E-state index in [1.54, 1.807) is 0 Å². The normalized spacial score (nSPS) is 11.1. The van der Waals surface area contributed by atoms with Gasteiger partial charge in [-0.2, -0.15) is 0 Å². The Kier molecular flexibility index (Phi) is 9.36. The van der Waals surface area contributed by atoms with Crippen LogP contribution in [0.3, 0.4) is 0 Å². The quantitative estimate of drug-likeness (QED) is 0.430. The van der Waals surface area contributed by atoms with Crippen molar-refractivity contribution in [2.45, 2.75) is 26.2 Å². The minimum absolute atomic E-state index is 0.783. The Morgan fingerprint density at radius 1 is 1.36 bits per heavy atom. The molecule has 2 heteroatoms. The highest BCUT2D eigenvalue weighted by molar-refractivity contribution is 4.82. The number of hydrogen-bond donors (Lipinski definition) is 2. The van der Waals surface area contributed by atoms with Crippen LogP contribution in [0.5, 0.6) is 0 Å². The predicted molar refractivity (Wildman–Crippen MR) is 50.6 cm³/mol. The van der Waals surface area contributed by atoms with Crippen molar-refractivity contribution in [3.63, 3.8) is 0 Å². The zero-order valence-electron chi connectivity index (χ0n) is 7.47. The van der Waals surface area contributed by atoms with Gasteiger partial charge in [0.05, 0.1) is 0 Å². The van der Waals surface area contributed by atoms with Crippen molar-refractivity contribution in [3.05, 3.63) is 12.2 Å². The van der Waals surface area contributed by atoms with Gasteiger partial charge in [-0.1, -0.05) is 25.5 Å². The van der Waals surface area contributed by atoms with Gasteiger partial charge in [-0.05, 0) is 25.9 Å². The minimum Gasteiger partial charge on any atom is -0.330 e. The molecule has 0 aliphatic carbocycles. The smallest absolute Gasteiger partial charge is 0.0134 e. The second kappa shape index (κ2) is 9.66. The highest BCUT2D eigenvalue weighted by Crippen LogP contribution is 1.86. The van der Waals surface area contributed by atoms with Crippen LogP contribution in [0, 0.1) is 0 Å². The maximum atomic E-state index is 5.33. The lowest BCUT2D eigenvalue weighted by Crippen LogP contribution is -2.17. The largest absolute Gasteiger partial charge is 0.330 e. The molecule has 0 amide bonds. The summed E-state index contributed by atoms with van der Waals surface area (Å²) in [6.45, 7) is 4.99. The Labute approximate surface area is 69.9 Å². The summed E-state index contributed by atoms with van der Waals surface area (Å²) in [6.07, 6.45) is 7.90. The van der Waals surface area contributed by atoms with Gasteiger partial charge in [-0.3, -0.25) is 0 Å². The van der Waals surface area contributed by atoms with Crippen molar-refractivity contribution >= 4 is 0 Å². The van der Waals surface area contributed by atoms with Crippen LogP contribution in [0.4, 0.5) is 0 Å². The topological polar surface area (TPSA) is 38.0 Å². The fraction of sp³-hybridized carbons (Fsp3) is 0.778. The third kappa shape index (κ3) is 9.66. The molecule has 0 aliphatic heterocycles. The van der Waals surface area contributed by atoms with Gasteiger partial charge >= 0.3 is 0 Å². The number of allylic oxidation sites excluding steroid dienone is 1. The van der Waals surface area contributed by atoms with E-state index in [4.69, 9.17) is 5.73 Å². The number of hydrogen-bond acceptors (Lipinski definition) is 2. The van der Waals surface area contributed by atoms with E-state index in [1.807, 2.05) is 0 Å². The van der Waals surface area contributed by atoms with E-state index in [9.17, 15) is 0 Å². The van der Waals surface area contributed by atoms with Crippen molar-refractivity contribution in [3.8, 4) is 0 Å². The molecule has 0 aliphatic rings. The molecule has 0 fully saturated rings. The van der Waals surface area contributed by atoms with Crippen LogP contribution in [0.25, 0.3) is 0 Å². The summed E-state index contributed by atoms with van der Waals surface area (Å²) in [5, 5.41) is 3.28. The summed E-state index contributed by atoms with van der Waals surface area (Å²) < 4.78 is 0. The van der Waals surface area contributed by atoms with Crippen LogP contribution in [0.15, 0.2) is 12.2 Å². The second-order valence-electron chi connectivity index (χ2n) is 2.61. The number of nitrogens with one attached hydrogen (secondary N) is 1. The summed E-state index contributed by atoms with van der Waals surface area (Å²) in [6, 6.07) is 0. The van der Waals surface area contributed by atoms with E-state index >= 15 is 0 Å². The Morgan fingerprint density at radius 2 is 2.18 bits per heavy atom. The average Bonchev–Trinajstić information content (AvgIpc) is 2.03. The number of unbranched alkanes of at least 4 members (excludes halogenated alkanes) is 1. The van der Waals surface area contributed by atoms with Crippen LogP contribution in [0.2, 0.25) is 0 Å². The Morgan fingerprint density at radius 3 is 2.82 bits per heavy atom. The van der Waals surface area contributed by atoms with Gasteiger partial charge < -0.3 is 11.1 Å². The molecule has 0 rings (SSSR count). The molecule has 3 N–H and O–H groups in total. The van der Waals surface area contributed by atoms with E-state index in [-0.39, 0.29) is 0 Å².